The van der Waals surface area contributed by atoms with Gasteiger partial charge < -0.3 is 16.4 Å². The molecule has 2 aliphatic rings. The lowest BCUT2D eigenvalue weighted by atomic mass is 9.91. The molecule has 156 valence electrons. The minimum atomic E-state index is -0.528. The summed E-state index contributed by atoms with van der Waals surface area (Å²) in [4.78, 5) is 17.2. The number of carbonyl (C=O) groups excluding carboxylic acids is 1. The van der Waals surface area contributed by atoms with Gasteiger partial charge in [-0.25, -0.2) is 18.3 Å². The van der Waals surface area contributed by atoms with Gasteiger partial charge in [0.15, 0.2) is 11.6 Å². The van der Waals surface area contributed by atoms with Crippen molar-refractivity contribution in [1.29, 1.82) is 0 Å². The summed E-state index contributed by atoms with van der Waals surface area (Å²) >= 11 is 0. The Hall–Kier alpha value is -3.07. The second kappa shape index (κ2) is 7.02. The lowest BCUT2D eigenvalue weighted by molar-refractivity contribution is -0.427. The van der Waals surface area contributed by atoms with E-state index in [9.17, 15) is 9.18 Å². The van der Waals surface area contributed by atoms with Gasteiger partial charge in [0, 0.05) is 29.8 Å². The number of quaternary nitrogens is 1. The largest absolute Gasteiger partial charge is 0.359 e. The fraction of sp³-hybridized carbons (Fsp3) is 0.381. The van der Waals surface area contributed by atoms with E-state index in [2.05, 4.69) is 26.4 Å². The average Bonchev–Trinajstić information content (AvgIpc) is 3.26. The summed E-state index contributed by atoms with van der Waals surface area (Å²) in [7, 11) is 0. The Labute approximate surface area is 171 Å². The molecule has 9 heteroatoms. The SMILES string of the molecule is CC1NC(=O)c2c(-c3cnn4ccc(F)cc34)nc(NC3CCCCC3[NH3+])c(F)c21. The second-order valence-corrected chi connectivity index (χ2v) is 8.14. The highest BCUT2D eigenvalue weighted by Gasteiger charge is 2.36. The van der Waals surface area contributed by atoms with Crippen LogP contribution in [0.5, 0.6) is 0 Å². The Balaban J connectivity index is 1.70. The van der Waals surface area contributed by atoms with E-state index in [1.165, 1.54) is 29.0 Å². The zero-order valence-corrected chi connectivity index (χ0v) is 16.6. The number of nitrogens with one attached hydrogen (secondary N) is 2. The summed E-state index contributed by atoms with van der Waals surface area (Å²) in [6, 6.07) is 2.30. The highest BCUT2D eigenvalue weighted by Crippen LogP contribution is 2.39. The molecule has 1 aliphatic heterocycles. The first-order chi connectivity index (χ1) is 14.4. The predicted molar refractivity (Wildman–Crippen MR) is 107 cm³/mol. The summed E-state index contributed by atoms with van der Waals surface area (Å²) in [5, 5.41) is 10.2. The van der Waals surface area contributed by atoms with Gasteiger partial charge in [-0.3, -0.25) is 4.79 Å². The Morgan fingerprint density at radius 3 is 2.90 bits per heavy atom. The van der Waals surface area contributed by atoms with Crippen LogP contribution in [-0.2, 0) is 0 Å². The van der Waals surface area contributed by atoms with Crippen LogP contribution in [-0.4, -0.2) is 32.6 Å². The molecular formula is C21H23F2N6O+. The van der Waals surface area contributed by atoms with Crippen LogP contribution < -0.4 is 16.4 Å². The summed E-state index contributed by atoms with van der Waals surface area (Å²) in [5.41, 5.74) is 5.89. The number of rotatable bonds is 3. The minimum Gasteiger partial charge on any atom is -0.359 e. The predicted octanol–water partition coefficient (Wildman–Crippen LogP) is 2.44. The normalized spacial score (nSPS) is 23.5. The lowest BCUT2D eigenvalue weighted by Gasteiger charge is -2.27. The number of pyridine rings is 2. The summed E-state index contributed by atoms with van der Waals surface area (Å²) in [6.07, 6.45) is 7.04. The number of halogens is 2. The van der Waals surface area contributed by atoms with Crippen molar-refractivity contribution in [3.8, 4) is 11.3 Å². The molecule has 1 amide bonds. The van der Waals surface area contributed by atoms with Crippen LogP contribution in [0.1, 0.15) is 54.6 Å². The zero-order valence-electron chi connectivity index (χ0n) is 16.6. The monoisotopic (exact) mass is 413 g/mol. The van der Waals surface area contributed by atoms with E-state index in [1.54, 1.807) is 6.92 Å². The van der Waals surface area contributed by atoms with Gasteiger partial charge >= 0.3 is 0 Å². The first-order valence-electron chi connectivity index (χ1n) is 10.2. The van der Waals surface area contributed by atoms with Crippen molar-refractivity contribution in [1.82, 2.24) is 19.9 Å². The number of amides is 1. The summed E-state index contributed by atoms with van der Waals surface area (Å²) in [5.74, 6) is -1.25. The number of carbonyl (C=O) groups is 1. The van der Waals surface area contributed by atoms with Gasteiger partial charge in [0.25, 0.3) is 5.91 Å². The standard InChI is InChI=1S/C21H22F2N6O/c1-10-16-17(21(30)26-10)19(12-9-25-29-7-6-11(22)8-15(12)29)28-20(18(16)23)27-14-5-3-2-4-13(14)24/h6-10,13-14H,2-5,24H2,1H3,(H,26,30)(H,27,28)/p+1. The topological polar surface area (TPSA) is 99.0 Å². The fourth-order valence-electron chi connectivity index (χ4n) is 4.56. The number of fused-ring (bicyclic) bond motifs is 2. The van der Waals surface area contributed by atoms with Crippen LogP contribution in [0.25, 0.3) is 16.8 Å². The maximum Gasteiger partial charge on any atom is 0.254 e. The molecule has 3 atom stereocenters. The molecule has 1 aliphatic carbocycles. The maximum absolute atomic E-state index is 15.5. The van der Waals surface area contributed by atoms with Crippen molar-refractivity contribution in [2.75, 3.05) is 5.32 Å². The van der Waals surface area contributed by atoms with Crippen molar-refractivity contribution in [2.24, 2.45) is 0 Å². The molecule has 5 rings (SSSR count). The zero-order chi connectivity index (χ0) is 21.0. The highest BCUT2D eigenvalue weighted by molar-refractivity contribution is 6.06. The maximum atomic E-state index is 15.5. The Morgan fingerprint density at radius 2 is 2.10 bits per heavy atom. The molecule has 30 heavy (non-hydrogen) atoms. The van der Waals surface area contributed by atoms with Gasteiger partial charge in [-0.2, -0.15) is 5.10 Å². The van der Waals surface area contributed by atoms with Crippen LogP contribution in [0.3, 0.4) is 0 Å². The van der Waals surface area contributed by atoms with E-state index in [0.717, 1.165) is 25.7 Å². The quantitative estimate of drug-likeness (QED) is 0.614. The number of aromatic nitrogens is 3. The Morgan fingerprint density at radius 1 is 1.30 bits per heavy atom. The fourth-order valence-corrected chi connectivity index (χ4v) is 4.56. The molecule has 0 radical (unpaired) electrons. The van der Waals surface area contributed by atoms with Crippen molar-refractivity contribution in [2.45, 2.75) is 50.7 Å². The Kier molecular flexibility index (Phi) is 4.43. The third-order valence-corrected chi connectivity index (χ3v) is 6.15. The van der Waals surface area contributed by atoms with Crippen molar-refractivity contribution in [3.63, 3.8) is 0 Å². The van der Waals surface area contributed by atoms with Gasteiger partial charge in [-0.15, -0.1) is 0 Å². The molecule has 1 saturated carbocycles. The molecule has 3 aromatic heterocycles. The molecule has 1 fully saturated rings. The smallest absolute Gasteiger partial charge is 0.254 e. The van der Waals surface area contributed by atoms with Gasteiger partial charge in [-0.05, 0) is 25.8 Å². The van der Waals surface area contributed by atoms with E-state index in [-0.39, 0.29) is 29.0 Å². The third-order valence-electron chi connectivity index (χ3n) is 6.15. The molecule has 0 bridgehead atoms. The van der Waals surface area contributed by atoms with E-state index in [0.29, 0.717) is 16.8 Å². The van der Waals surface area contributed by atoms with Gasteiger partial charge in [0.2, 0.25) is 0 Å². The van der Waals surface area contributed by atoms with Crippen LogP contribution in [0.15, 0.2) is 24.5 Å². The Bertz CT molecular complexity index is 1160. The van der Waals surface area contributed by atoms with Crippen molar-refractivity contribution >= 4 is 17.2 Å². The molecule has 4 heterocycles. The molecule has 5 N–H and O–H groups in total. The molecule has 0 saturated heterocycles. The number of hydrogen-bond acceptors (Lipinski definition) is 4. The second-order valence-electron chi connectivity index (χ2n) is 8.14. The molecule has 7 nitrogen and oxygen atoms in total. The molecular weight excluding hydrogens is 390 g/mol. The van der Waals surface area contributed by atoms with Crippen molar-refractivity contribution in [3.05, 3.63) is 47.3 Å². The third kappa shape index (κ3) is 2.92. The molecule has 3 aromatic rings. The molecule has 0 spiro atoms. The lowest BCUT2D eigenvalue weighted by Crippen LogP contribution is -2.68. The van der Waals surface area contributed by atoms with Gasteiger partial charge in [-0.1, -0.05) is 6.42 Å². The van der Waals surface area contributed by atoms with Crippen molar-refractivity contribution < 1.29 is 19.3 Å². The summed E-state index contributed by atoms with van der Waals surface area (Å²) in [6.45, 7) is 1.74. The molecule has 3 unspecified atom stereocenters. The average molecular weight is 413 g/mol. The minimum absolute atomic E-state index is 0.00775. The molecule has 0 aromatic carbocycles. The van der Waals surface area contributed by atoms with Crippen LogP contribution in [0, 0.1) is 11.6 Å². The van der Waals surface area contributed by atoms with E-state index >= 15 is 4.39 Å². The van der Waals surface area contributed by atoms with E-state index < -0.39 is 23.6 Å². The number of hydrogen-bond donors (Lipinski definition) is 3. The van der Waals surface area contributed by atoms with Crippen LogP contribution in [0.4, 0.5) is 14.6 Å². The number of nitrogens with zero attached hydrogens (tertiary/aromatic N) is 3. The van der Waals surface area contributed by atoms with Crippen LogP contribution in [0.2, 0.25) is 0 Å². The van der Waals surface area contributed by atoms with E-state index in [4.69, 9.17) is 0 Å². The first kappa shape index (κ1) is 18.9. The van der Waals surface area contributed by atoms with Gasteiger partial charge in [0.05, 0.1) is 35.1 Å². The highest BCUT2D eigenvalue weighted by atomic mass is 19.1. The number of anilines is 1. The summed E-state index contributed by atoms with van der Waals surface area (Å²) < 4.78 is 30.9. The van der Waals surface area contributed by atoms with Crippen LogP contribution >= 0.6 is 0 Å². The van der Waals surface area contributed by atoms with E-state index in [1.807, 2.05) is 0 Å². The van der Waals surface area contributed by atoms with Gasteiger partial charge in [0.1, 0.15) is 11.9 Å². The first-order valence-corrected chi connectivity index (χ1v) is 10.2.